The smallest absolute Gasteiger partial charge is 0.364 e. The molecule has 2 fully saturated rings. The van der Waals surface area contributed by atoms with Crippen LogP contribution in [0.2, 0.25) is 0 Å². The van der Waals surface area contributed by atoms with Gasteiger partial charge in [-0.25, -0.2) is 4.79 Å². The third-order valence-electron chi connectivity index (χ3n) is 5.35. The van der Waals surface area contributed by atoms with Crippen molar-refractivity contribution >= 4 is 11.9 Å². The van der Waals surface area contributed by atoms with Gasteiger partial charge in [0.15, 0.2) is 6.29 Å². The maximum Gasteiger partial charge on any atom is 0.364 e. The topological polar surface area (TPSA) is 256 Å². The number of nitrogens with one attached hydrogen (secondary N) is 1. The van der Waals surface area contributed by atoms with Gasteiger partial charge in [-0.2, -0.15) is 0 Å². The molecule has 1 amide bonds. The lowest BCUT2D eigenvalue weighted by Crippen LogP contribution is -2.68. The quantitative estimate of drug-likeness (QED) is 0.158. The van der Waals surface area contributed by atoms with Crippen LogP contribution >= 0.6 is 0 Å². The summed E-state index contributed by atoms with van der Waals surface area (Å²) in [4.78, 5) is 23.5. The van der Waals surface area contributed by atoms with Crippen molar-refractivity contribution in [2.24, 2.45) is 0 Å². The van der Waals surface area contributed by atoms with Crippen LogP contribution in [0.1, 0.15) is 13.3 Å². The van der Waals surface area contributed by atoms with Crippen LogP contribution in [0.25, 0.3) is 0 Å². The number of ether oxygens (including phenoxy) is 3. The van der Waals surface area contributed by atoms with Gasteiger partial charge in [0, 0.05) is 13.3 Å². The summed E-state index contributed by atoms with van der Waals surface area (Å²) in [6.45, 7) is -0.691. The number of carboxylic acid groups (broad SMARTS) is 1. The van der Waals surface area contributed by atoms with Gasteiger partial charge < -0.3 is 65.5 Å². The van der Waals surface area contributed by atoms with E-state index in [-0.39, 0.29) is 0 Å². The molecule has 0 aromatic rings. The minimum absolute atomic E-state index is 0.669. The van der Waals surface area contributed by atoms with Crippen molar-refractivity contribution in [2.45, 2.75) is 80.3 Å². The highest BCUT2D eigenvalue weighted by molar-refractivity contribution is 5.76. The Morgan fingerprint density at radius 3 is 2.28 bits per heavy atom. The van der Waals surface area contributed by atoms with Gasteiger partial charge in [0.25, 0.3) is 5.79 Å². The van der Waals surface area contributed by atoms with E-state index in [4.69, 9.17) is 19.3 Å². The largest absolute Gasteiger partial charge is 0.477 e. The first-order valence-electron chi connectivity index (χ1n) is 9.69. The van der Waals surface area contributed by atoms with Crippen molar-refractivity contribution in [3.8, 4) is 0 Å². The van der Waals surface area contributed by atoms with E-state index in [2.05, 4.69) is 5.32 Å². The molecule has 15 heteroatoms. The molecule has 2 aliphatic rings. The Morgan fingerprint density at radius 1 is 1.12 bits per heavy atom. The van der Waals surface area contributed by atoms with Crippen LogP contribution in [0, 0.1) is 0 Å². The Morgan fingerprint density at radius 2 is 1.75 bits per heavy atom. The number of aliphatic hydroxyl groups excluding tert-OH is 8. The van der Waals surface area contributed by atoms with Crippen molar-refractivity contribution in [1.82, 2.24) is 5.32 Å². The summed E-state index contributed by atoms with van der Waals surface area (Å²) in [5.41, 5.74) is 0. The van der Waals surface area contributed by atoms with E-state index in [1.807, 2.05) is 0 Å². The fraction of sp³-hybridized carbons (Fsp3) is 0.882. The molecule has 15 nitrogen and oxygen atoms in total. The monoisotopic (exact) mass is 471 g/mol. The summed E-state index contributed by atoms with van der Waals surface area (Å²) in [6, 6.07) is -1.39. The predicted octanol–water partition coefficient (Wildman–Crippen LogP) is -6.05. The predicted molar refractivity (Wildman–Crippen MR) is 97.4 cm³/mol. The lowest BCUT2D eigenvalue weighted by Gasteiger charge is -2.47. The molecule has 0 aromatic carbocycles. The molecule has 0 aromatic heterocycles. The van der Waals surface area contributed by atoms with Crippen LogP contribution in [0.15, 0.2) is 0 Å². The maximum absolute atomic E-state index is 12.0. The van der Waals surface area contributed by atoms with Gasteiger partial charge in [-0.3, -0.25) is 4.79 Å². The molecular weight excluding hydrogens is 442 g/mol. The summed E-state index contributed by atoms with van der Waals surface area (Å²) in [6.07, 6.45) is -16.9. The minimum Gasteiger partial charge on any atom is -0.477 e. The molecule has 2 saturated heterocycles. The SMILES string of the molecule is CC(=O)N[C@H]1[C@H]([C@H](O)[C@H](O)CO)O[C@](OC[C@H]2OC(O)[C@H](O)[C@@H](O)[C@@H]2O)(C(=O)O)C[C@@H]1O. The number of carbonyl (C=O) groups is 2. The lowest BCUT2D eigenvalue weighted by molar-refractivity contribution is -0.334. The third-order valence-corrected chi connectivity index (χ3v) is 5.35. The standard InChI is InChI=1S/C17H29NO14/c1-5(20)18-9-6(21)2-17(16(28)29,32-14(9)10(23)7(22)3-19)30-4-8-11(24)12(25)13(26)15(27)31-8/h6-15,19,21-27H,2-4H2,1H3,(H,18,20)(H,28,29)/t6-,7+,8+,9+,10+,11+,12-,13+,14+,15?,17-/m0/s1. The molecular formula is C17H29NO14. The molecule has 2 aliphatic heterocycles. The number of aliphatic hydroxyl groups is 8. The van der Waals surface area contributed by atoms with Crippen LogP contribution in [-0.2, 0) is 23.8 Å². The molecule has 0 spiro atoms. The van der Waals surface area contributed by atoms with Gasteiger partial charge in [-0.15, -0.1) is 0 Å². The van der Waals surface area contributed by atoms with E-state index in [0.717, 1.165) is 6.92 Å². The third kappa shape index (κ3) is 5.52. The zero-order valence-corrected chi connectivity index (χ0v) is 17.0. The van der Waals surface area contributed by atoms with Crippen LogP contribution in [0.3, 0.4) is 0 Å². The second-order valence-corrected chi connectivity index (χ2v) is 7.73. The van der Waals surface area contributed by atoms with Gasteiger partial charge in [0.1, 0.15) is 42.7 Å². The first-order valence-corrected chi connectivity index (χ1v) is 9.69. The minimum atomic E-state index is -2.69. The number of amides is 1. The fourth-order valence-electron chi connectivity index (χ4n) is 3.56. The van der Waals surface area contributed by atoms with Gasteiger partial charge in [0.05, 0.1) is 25.4 Å². The van der Waals surface area contributed by atoms with Gasteiger partial charge in [-0.1, -0.05) is 0 Å². The molecule has 0 saturated carbocycles. The maximum atomic E-state index is 12.0. The highest BCUT2D eigenvalue weighted by Crippen LogP contribution is 2.34. The van der Waals surface area contributed by atoms with Crippen LogP contribution in [0.4, 0.5) is 0 Å². The summed E-state index contributed by atoms with van der Waals surface area (Å²) < 4.78 is 15.5. The summed E-state index contributed by atoms with van der Waals surface area (Å²) in [5, 5.41) is 90.6. The number of rotatable bonds is 8. The van der Waals surface area contributed by atoms with Crippen molar-refractivity contribution in [3.05, 3.63) is 0 Å². The van der Waals surface area contributed by atoms with E-state index in [1.54, 1.807) is 0 Å². The molecule has 0 aliphatic carbocycles. The lowest BCUT2D eigenvalue weighted by atomic mass is 9.88. The Hall–Kier alpha value is -1.50. The van der Waals surface area contributed by atoms with Gasteiger partial charge >= 0.3 is 5.97 Å². The Balaban J connectivity index is 2.27. The number of hydrogen-bond donors (Lipinski definition) is 10. The first kappa shape index (κ1) is 26.7. The Bertz CT molecular complexity index is 665. The van der Waals surface area contributed by atoms with E-state index in [1.165, 1.54) is 0 Å². The van der Waals surface area contributed by atoms with Crippen LogP contribution in [-0.4, -0.2) is 138 Å². The average molecular weight is 471 g/mol. The summed E-state index contributed by atoms with van der Waals surface area (Å²) in [7, 11) is 0. The van der Waals surface area contributed by atoms with Crippen molar-refractivity contribution in [2.75, 3.05) is 13.2 Å². The number of hydrogen-bond acceptors (Lipinski definition) is 13. The van der Waals surface area contributed by atoms with E-state index in [9.17, 15) is 50.4 Å². The molecule has 0 bridgehead atoms. The van der Waals surface area contributed by atoms with E-state index >= 15 is 0 Å². The molecule has 11 atom stereocenters. The molecule has 0 radical (unpaired) electrons. The number of aliphatic carboxylic acids is 1. The van der Waals surface area contributed by atoms with E-state index in [0.29, 0.717) is 0 Å². The second kappa shape index (κ2) is 10.6. The molecule has 2 rings (SSSR count). The highest BCUT2D eigenvalue weighted by atomic mass is 16.7. The first-order chi connectivity index (χ1) is 14.8. The van der Waals surface area contributed by atoms with Gasteiger partial charge in [0.2, 0.25) is 5.91 Å². The molecule has 1 unspecified atom stereocenters. The highest BCUT2D eigenvalue weighted by Gasteiger charge is 2.56. The van der Waals surface area contributed by atoms with Crippen LogP contribution in [0.5, 0.6) is 0 Å². The normalized spacial score (nSPS) is 42.2. The Labute approximate surface area is 181 Å². The van der Waals surface area contributed by atoms with Crippen molar-refractivity contribution in [1.29, 1.82) is 0 Å². The second-order valence-electron chi connectivity index (χ2n) is 7.73. The number of carbonyl (C=O) groups excluding carboxylic acids is 1. The van der Waals surface area contributed by atoms with Gasteiger partial charge in [-0.05, 0) is 0 Å². The number of carboxylic acids is 1. The van der Waals surface area contributed by atoms with Crippen molar-refractivity contribution < 1.29 is 69.8 Å². The Kier molecular flexibility index (Phi) is 8.88. The molecule has 10 N–H and O–H groups in total. The summed E-state index contributed by atoms with van der Waals surface area (Å²) >= 11 is 0. The zero-order valence-electron chi connectivity index (χ0n) is 17.0. The fourth-order valence-corrected chi connectivity index (χ4v) is 3.56. The molecule has 2 heterocycles. The zero-order chi connectivity index (χ0) is 24.4. The molecule has 32 heavy (non-hydrogen) atoms. The average Bonchev–Trinajstić information content (AvgIpc) is 2.73. The summed E-state index contributed by atoms with van der Waals surface area (Å²) in [5.74, 6) is -5.15. The van der Waals surface area contributed by atoms with Crippen molar-refractivity contribution in [3.63, 3.8) is 0 Å². The molecule has 186 valence electrons. The van der Waals surface area contributed by atoms with Crippen LogP contribution < -0.4 is 5.32 Å². The van der Waals surface area contributed by atoms with E-state index < -0.39 is 98.5 Å².